The van der Waals surface area contributed by atoms with Crippen LogP contribution >= 0.6 is 0 Å². The van der Waals surface area contributed by atoms with E-state index in [2.05, 4.69) is 10.2 Å². The second-order valence-corrected chi connectivity index (χ2v) is 9.95. The van der Waals surface area contributed by atoms with Crippen LogP contribution in [0.25, 0.3) is 0 Å². The summed E-state index contributed by atoms with van der Waals surface area (Å²) in [7, 11) is -3.45. The monoisotopic (exact) mass is 379 g/mol. The van der Waals surface area contributed by atoms with E-state index in [-0.39, 0.29) is 10.9 Å². The van der Waals surface area contributed by atoms with Gasteiger partial charge in [-0.05, 0) is 38.8 Å². The second-order valence-electron chi connectivity index (χ2n) is 7.48. The lowest BCUT2D eigenvalue weighted by Crippen LogP contribution is -2.52. The van der Waals surface area contributed by atoms with E-state index in [0.717, 1.165) is 13.1 Å². The topological polar surface area (TPSA) is 69.7 Å². The van der Waals surface area contributed by atoms with Crippen LogP contribution < -0.4 is 5.32 Å². The van der Waals surface area contributed by atoms with Gasteiger partial charge in [-0.15, -0.1) is 0 Å². The molecule has 1 saturated carbocycles. The lowest BCUT2D eigenvalue weighted by molar-refractivity contribution is 0.115. The number of carbonyl (C=O) groups is 1. The number of para-hydroxylation sites is 1. The number of nitrogens with one attached hydrogen (secondary N) is 1. The zero-order valence-corrected chi connectivity index (χ0v) is 16.5. The number of urea groups is 1. The maximum absolute atomic E-state index is 12.6. The van der Waals surface area contributed by atoms with Gasteiger partial charge in [0.15, 0.2) is 9.84 Å². The standard InChI is InChI=1S/C19H29N3O3S/c1-15(2)26(24,25)18-10-6-5-9-17(18)20-19(23)22-13-11-21(12-14-22)16-7-3-4-8-16/h5-6,9-10,15-16H,3-4,7-8,11-14H2,1-2H3,(H,20,23). The SMILES string of the molecule is CC(C)S(=O)(=O)c1ccccc1NC(=O)N1CCN(C2CCCC2)CC1. The first-order valence-corrected chi connectivity index (χ1v) is 11.1. The number of nitrogens with zero attached hydrogens (tertiary/aromatic N) is 2. The first-order valence-electron chi connectivity index (χ1n) is 9.52. The predicted octanol–water partition coefficient (Wildman–Crippen LogP) is 2.96. The molecule has 0 bridgehead atoms. The number of benzene rings is 1. The van der Waals surface area contributed by atoms with Crippen LogP contribution in [0.5, 0.6) is 0 Å². The summed E-state index contributed by atoms with van der Waals surface area (Å²) in [6.45, 7) is 6.45. The Labute approximate surface area is 156 Å². The third kappa shape index (κ3) is 4.04. The minimum Gasteiger partial charge on any atom is -0.322 e. The number of amides is 2. The van der Waals surface area contributed by atoms with Crippen molar-refractivity contribution >= 4 is 21.6 Å². The van der Waals surface area contributed by atoms with Gasteiger partial charge in [0.2, 0.25) is 0 Å². The molecule has 0 unspecified atom stereocenters. The Hall–Kier alpha value is -1.60. The molecule has 144 valence electrons. The quantitative estimate of drug-likeness (QED) is 0.873. The highest BCUT2D eigenvalue weighted by atomic mass is 32.2. The van der Waals surface area contributed by atoms with Gasteiger partial charge in [-0.3, -0.25) is 4.90 Å². The van der Waals surface area contributed by atoms with E-state index in [1.54, 1.807) is 43.0 Å². The summed E-state index contributed by atoms with van der Waals surface area (Å²) in [4.78, 5) is 17.1. The van der Waals surface area contributed by atoms with Crippen LogP contribution in [-0.2, 0) is 9.84 Å². The van der Waals surface area contributed by atoms with Gasteiger partial charge >= 0.3 is 6.03 Å². The maximum atomic E-state index is 12.6. The summed E-state index contributed by atoms with van der Waals surface area (Å²) in [5, 5.41) is 2.28. The zero-order valence-electron chi connectivity index (χ0n) is 15.6. The van der Waals surface area contributed by atoms with Crippen molar-refractivity contribution in [3.8, 4) is 0 Å². The average Bonchev–Trinajstić information content (AvgIpc) is 3.16. The van der Waals surface area contributed by atoms with E-state index < -0.39 is 15.1 Å². The van der Waals surface area contributed by atoms with E-state index >= 15 is 0 Å². The molecule has 1 aromatic rings. The van der Waals surface area contributed by atoms with Gasteiger partial charge in [0.1, 0.15) is 0 Å². The number of rotatable bonds is 4. The van der Waals surface area contributed by atoms with Crippen molar-refractivity contribution in [2.75, 3.05) is 31.5 Å². The molecule has 1 heterocycles. The normalized spacial score (nSPS) is 19.9. The summed E-state index contributed by atoms with van der Waals surface area (Å²) < 4.78 is 25.1. The first-order chi connectivity index (χ1) is 12.4. The molecule has 2 amide bonds. The average molecular weight is 380 g/mol. The van der Waals surface area contributed by atoms with Crippen LogP contribution in [0.15, 0.2) is 29.2 Å². The van der Waals surface area contributed by atoms with E-state index in [1.807, 2.05) is 0 Å². The number of anilines is 1. The van der Waals surface area contributed by atoms with Crippen LogP contribution in [0.4, 0.5) is 10.5 Å². The summed E-state index contributed by atoms with van der Waals surface area (Å²) in [6, 6.07) is 7.10. The van der Waals surface area contributed by atoms with Crippen LogP contribution in [0.3, 0.4) is 0 Å². The molecule has 26 heavy (non-hydrogen) atoms. The number of hydrogen-bond donors (Lipinski definition) is 1. The van der Waals surface area contributed by atoms with E-state index in [1.165, 1.54) is 25.7 Å². The minimum atomic E-state index is -3.45. The summed E-state index contributed by atoms with van der Waals surface area (Å²) in [5.74, 6) is 0. The molecule has 1 N–H and O–H groups in total. The molecule has 7 heteroatoms. The van der Waals surface area contributed by atoms with Crippen LogP contribution in [0.1, 0.15) is 39.5 Å². The molecule has 1 aromatic carbocycles. The van der Waals surface area contributed by atoms with Gasteiger partial charge in [0.25, 0.3) is 0 Å². The molecule has 1 saturated heterocycles. The van der Waals surface area contributed by atoms with Crippen molar-refractivity contribution in [3.63, 3.8) is 0 Å². The van der Waals surface area contributed by atoms with Crippen LogP contribution in [0, 0.1) is 0 Å². The Bertz CT molecular complexity index is 734. The van der Waals surface area contributed by atoms with Gasteiger partial charge in [-0.1, -0.05) is 25.0 Å². The lowest BCUT2D eigenvalue weighted by Gasteiger charge is -2.38. The highest BCUT2D eigenvalue weighted by Gasteiger charge is 2.29. The van der Waals surface area contributed by atoms with Gasteiger partial charge in [0.05, 0.1) is 15.8 Å². The van der Waals surface area contributed by atoms with Gasteiger partial charge in [-0.2, -0.15) is 0 Å². The first kappa shape index (κ1) is 19.2. The number of piperazine rings is 1. The van der Waals surface area contributed by atoms with E-state index in [0.29, 0.717) is 24.8 Å². The van der Waals surface area contributed by atoms with Crippen molar-refractivity contribution in [2.45, 2.75) is 55.7 Å². The van der Waals surface area contributed by atoms with E-state index in [4.69, 9.17) is 0 Å². The summed E-state index contributed by atoms with van der Waals surface area (Å²) >= 11 is 0. The second kappa shape index (κ2) is 7.96. The maximum Gasteiger partial charge on any atom is 0.321 e. The number of hydrogen-bond acceptors (Lipinski definition) is 4. The van der Waals surface area contributed by atoms with Crippen LogP contribution in [0.2, 0.25) is 0 Å². The van der Waals surface area contributed by atoms with Crippen molar-refractivity contribution in [1.82, 2.24) is 9.80 Å². The highest BCUT2D eigenvalue weighted by molar-refractivity contribution is 7.92. The fourth-order valence-corrected chi connectivity index (χ4v) is 5.03. The highest BCUT2D eigenvalue weighted by Crippen LogP contribution is 2.26. The van der Waals surface area contributed by atoms with Crippen molar-refractivity contribution in [3.05, 3.63) is 24.3 Å². The lowest BCUT2D eigenvalue weighted by atomic mass is 10.2. The van der Waals surface area contributed by atoms with E-state index in [9.17, 15) is 13.2 Å². The largest absolute Gasteiger partial charge is 0.322 e. The van der Waals surface area contributed by atoms with Gasteiger partial charge in [-0.25, -0.2) is 13.2 Å². The Kier molecular flexibility index (Phi) is 5.87. The molecule has 0 aromatic heterocycles. The Morgan fingerprint density at radius 1 is 1.08 bits per heavy atom. The molecule has 1 aliphatic heterocycles. The van der Waals surface area contributed by atoms with Crippen molar-refractivity contribution in [2.24, 2.45) is 0 Å². The molecular formula is C19H29N3O3S. The van der Waals surface area contributed by atoms with Crippen molar-refractivity contribution in [1.29, 1.82) is 0 Å². The molecule has 2 fully saturated rings. The summed E-state index contributed by atoms with van der Waals surface area (Å²) in [6.07, 6.45) is 5.16. The molecule has 3 rings (SSSR count). The third-order valence-electron chi connectivity index (χ3n) is 5.50. The Morgan fingerprint density at radius 2 is 1.69 bits per heavy atom. The number of sulfone groups is 1. The molecule has 0 atom stereocenters. The predicted molar refractivity (Wildman–Crippen MR) is 103 cm³/mol. The molecule has 1 aliphatic carbocycles. The number of carbonyl (C=O) groups excluding carboxylic acids is 1. The third-order valence-corrected chi connectivity index (χ3v) is 7.71. The Balaban J connectivity index is 1.64. The smallest absolute Gasteiger partial charge is 0.321 e. The molecule has 0 spiro atoms. The molecular weight excluding hydrogens is 350 g/mol. The molecule has 2 aliphatic rings. The van der Waals surface area contributed by atoms with Crippen molar-refractivity contribution < 1.29 is 13.2 Å². The fourth-order valence-electron chi connectivity index (χ4n) is 3.83. The Morgan fingerprint density at radius 3 is 2.31 bits per heavy atom. The van der Waals surface area contributed by atoms with Gasteiger partial charge < -0.3 is 10.2 Å². The van der Waals surface area contributed by atoms with Gasteiger partial charge in [0, 0.05) is 32.2 Å². The fraction of sp³-hybridized carbons (Fsp3) is 0.632. The van der Waals surface area contributed by atoms with Crippen LogP contribution in [-0.4, -0.2) is 61.7 Å². The minimum absolute atomic E-state index is 0.188. The summed E-state index contributed by atoms with van der Waals surface area (Å²) in [5.41, 5.74) is 0.365. The molecule has 0 radical (unpaired) electrons. The zero-order chi connectivity index (χ0) is 18.7. The molecule has 6 nitrogen and oxygen atoms in total.